The number of carbonyl (C=O) groups excluding carboxylic acids is 1. The summed E-state index contributed by atoms with van der Waals surface area (Å²) in [6, 6.07) is 8.59. The van der Waals surface area contributed by atoms with E-state index >= 15 is 0 Å². The molecule has 1 N–H and O–H groups in total. The van der Waals surface area contributed by atoms with Crippen LogP contribution in [0.5, 0.6) is 0 Å². The lowest BCUT2D eigenvalue weighted by Crippen LogP contribution is -2.41. The van der Waals surface area contributed by atoms with Crippen LogP contribution in [0.2, 0.25) is 0 Å². The van der Waals surface area contributed by atoms with Crippen LogP contribution in [0.15, 0.2) is 29.6 Å². The molecule has 8 heteroatoms. The zero-order valence-corrected chi connectivity index (χ0v) is 18.2. The van der Waals surface area contributed by atoms with Gasteiger partial charge in [0.05, 0.1) is 38.5 Å². The Labute approximate surface area is 182 Å². The van der Waals surface area contributed by atoms with Gasteiger partial charge in [0.25, 0.3) is 0 Å². The maximum Gasteiger partial charge on any atom is 0.226 e. The number of benzene rings is 1. The lowest BCUT2D eigenvalue weighted by atomic mass is 10.1. The predicted octanol–water partition coefficient (Wildman–Crippen LogP) is 1.63. The lowest BCUT2D eigenvalue weighted by molar-refractivity contribution is -0.120. The fraction of sp³-hybridized carbons (Fsp3) is 0.545. The second-order valence-electron chi connectivity index (χ2n) is 7.71. The predicted molar refractivity (Wildman–Crippen MR) is 118 cm³/mol. The number of aromatic nitrogens is 1. The molecule has 162 valence electrons. The largest absolute Gasteiger partial charge is 0.379 e. The molecule has 2 saturated heterocycles. The number of amides is 1. The third kappa shape index (κ3) is 6.33. The highest BCUT2D eigenvalue weighted by Gasteiger charge is 2.13. The number of thiazole rings is 1. The van der Waals surface area contributed by atoms with Crippen molar-refractivity contribution in [2.45, 2.75) is 13.0 Å². The van der Waals surface area contributed by atoms with Crippen molar-refractivity contribution < 1.29 is 14.3 Å². The molecule has 30 heavy (non-hydrogen) atoms. The van der Waals surface area contributed by atoms with Crippen molar-refractivity contribution in [1.29, 1.82) is 0 Å². The first-order valence-corrected chi connectivity index (χ1v) is 11.5. The van der Waals surface area contributed by atoms with Gasteiger partial charge in [-0.3, -0.25) is 14.6 Å². The molecular formula is C22H30N4O3S. The zero-order chi connectivity index (χ0) is 20.6. The van der Waals surface area contributed by atoms with E-state index in [-0.39, 0.29) is 5.91 Å². The van der Waals surface area contributed by atoms with Crippen molar-refractivity contribution in [3.63, 3.8) is 0 Å². The first-order valence-electron chi connectivity index (χ1n) is 10.7. The van der Waals surface area contributed by atoms with Gasteiger partial charge in [-0.05, 0) is 5.56 Å². The first-order chi connectivity index (χ1) is 14.8. The summed E-state index contributed by atoms with van der Waals surface area (Å²) in [6.45, 7) is 9.56. The molecule has 2 fully saturated rings. The van der Waals surface area contributed by atoms with Gasteiger partial charge in [-0.1, -0.05) is 24.3 Å². The standard InChI is InChI=1S/C22H30N4O3S/c27-21(23-5-6-25-7-11-28-12-8-25)15-20-17-30-22(24-20)19-3-1-18(2-4-19)16-26-9-13-29-14-10-26/h1-4,17H,5-16H2,(H,23,27). The van der Waals surface area contributed by atoms with Gasteiger partial charge < -0.3 is 14.8 Å². The van der Waals surface area contributed by atoms with Crippen LogP contribution in [0, 0.1) is 0 Å². The van der Waals surface area contributed by atoms with E-state index in [9.17, 15) is 4.79 Å². The second kappa shape index (κ2) is 11.0. The molecular weight excluding hydrogens is 400 g/mol. The maximum atomic E-state index is 12.2. The van der Waals surface area contributed by atoms with Crippen LogP contribution in [0.25, 0.3) is 10.6 Å². The highest BCUT2D eigenvalue weighted by molar-refractivity contribution is 7.13. The van der Waals surface area contributed by atoms with Crippen LogP contribution >= 0.6 is 11.3 Å². The lowest BCUT2D eigenvalue weighted by Gasteiger charge is -2.26. The number of nitrogens with zero attached hydrogens (tertiary/aromatic N) is 3. The molecule has 2 aliphatic rings. The molecule has 1 aromatic carbocycles. The molecule has 3 heterocycles. The van der Waals surface area contributed by atoms with E-state index in [0.717, 1.165) is 82.0 Å². The smallest absolute Gasteiger partial charge is 0.226 e. The Kier molecular flexibility index (Phi) is 7.82. The maximum absolute atomic E-state index is 12.2. The zero-order valence-electron chi connectivity index (χ0n) is 17.3. The normalized spacial score (nSPS) is 18.4. The van der Waals surface area contributed by atoms with E-state index in [1.54, 1.807) is 11.3 Å². The quantitative estimate of drug-likeness (QED) is 0.687. The van der Waals surface area contributed by atoms with Crippen molar-refractivity contribution >= 4 is 17.2 Å². The fourth-order valence-corrected chi connectivity index (χ4v) is 4.52. The van der Waals surface area contributed by atoms with Crippen molar-refractivity contribution in [3.05, 3.63) is 40.9 Å². The molecule has 2 aromatic rings. The van der Waals surface area contributed by atoms with Gasteiger partial charge in [-0.2, -0.15) is 0 Å². The van der Waals surface area contributed by atoms with Crippen molar-refractivity contribution in [2.75, 3.05) is 65.7 Å². The summed E-state index contributed by atoms with van der Waals surface area (Å²) in [4.78, 5) is 21.6. The molecule has 0 radical (unpaired) electrons. The third-order valence-corrected chi connectivity index (χ3v) is 6.40. The Balaban J connectivity index is 1.23. The second-order valence-corrected chi connectivity index (χ2v) is 8.57. The molecule has 0 spiro atoms. The first kappa shape index (κ1) is 21.4. The van der Waals surface area contributed by atoms with E-state index in [0.29, 0.717) is 13.0 Å². The van der Waals surface area contributed by atoms with Crippen LogP contribution in [-0.4, -0.2) is 86.4 Å². The Morgan fingerprint density at radius 2 is 1.67 bits per heavy atom. The fourth-order valence-electron chi connectivity index (χ4n) is 3.70. The van der Waals surface area contributed by atoms with Crippen LogP contribution < -0.4 is 5.32 Å². The van der Waals surface area contributed by atoms with Gasteiger partial charge in [0, 0.05) is 56.8 Å². The minimum Gasteiger partial charge on any atom is -0.379 e. The summed E-state index contributed by atoms with van der Waals surface area (Å²) in [5, 5.41) is 5.95. The third-order valence-electron chi connectivity index (χ3n) is 5.46. The molecule has 7 nitrogen and oxygen atoms in total. The average Bonchev–Trinajstić information content (AvgIpc) is 3.24. The molecule has 2 aliphatic heterocycles. The highest BCUT2D eigenvalue weighted by Crippen LogP contribution is 2.24. The number of rotatable bonds is 8. The number of morpholine rings is 2. The van der Waals surface area contributed by atoms with Crippen molar-refractivity contribution in [1.82, 2.24) is 20.1 Å². The highest BCUT2D eigenvalue weighted by atomic mass is 32.1. The Morgan fingerprint density at radius 3 is 2.37 bits per heavy atom. The van der Waals surface area contributed by atoms with E-state index in [4.69, 9.17) is 9.47 Å². The van der Waals surface area contributed by atoms with Gasteiger partial charge >= 0.3 is 0 Å². The number of hydrogen-bond acceptors (Lipinski definition) is 7. The number of ether oxygens (including phenoxy) is 2. The van der Waals surface area contributed by atoms with Gasteiger partial charge in [-0.25, -0.2) is 4.98 Å². The Bertz CT molecular complexity index is 799. The van der Waals surface area contributed by atoms with Crippen LogP contribution in [-0.2, 0) is 27.2 Å². The molecule has 0 aliphatic carbocycles. The van der Waals surface area contributed by atoms with E-state index < -0.39 is 0 Å². The summed E-state index contributed by atoms with van der Waals surface area (Å²) in [7, 11) is 0. The molecule has 4 rings (SSSR count). The summed E-state index contributed by atoms with van der Waals surface area (Å²) >= 11 is 1.59. The van der Waals surface area contributed by atoms with Crippen LogP contribution in [0.4, 0.5) is 0 Å². The summed E-state index contributed by atoms with van der Waals surface area (Å²) in [5.41, 5.74) is 3.23. The molecule has 0 bridgehead atoms. The van der Waals surface area contributed by atoms with E-state index in [1.165, 1.54) is 5.56 Å². The topological polar surface area (TPSA) is 66.9 Å². The minimum absolute atomic E-state index is 0.0287. The molecule has 1 aromatic heterocycles. The van der Waals surface area contributed by atoms with Crippen LogP contribution in [0.3, 0.4) is 0 Å². The minimum atomic E-state index is 0.0287. The summed E-state index contributed by atoms with van der Waals surface area (Å²) in [6.07, 6.45) is 0.328. The molecule has 0 atom stereocenters. The molecule has 0 saturated carbocycles. The SMILES string of the molecule is O=C(Cc1csc(-c2ccc(CN3CCOCC3)cc2)n1)NCCN1CCOCC1. The number of carbonyl (C=O) groups is 1. The van der Waals surface area contributed by atoms with Crippen molar-refractivity contribution in [2.24, 2.45) is 0 Å². The monoisotopic (exact) mass is 430 g/mol. The molecule has 0 unspecified atom stereocenters. The number of hydrogen-bond donors (Lipinski definition) is 1. The Hall–Kier alpha value is -1.84. The number of nitrogens with one attached hydrogen (secondary N) is 1. The Morgan fingerprint density at radius 1 is 1.00 bits per heavy atom. The van der Waals surface area contributed by atoms with Gasteiger partial charge in [0.15, 0.2) is 0 Å². The summed E-state index contributed by atoms with van der Waals surface area (Å²) in [5.74, 6) is 0.0287. The van der Waals surface area contributed by atoms with Gasteiger partial charge in [-0.15, -0.1) is 11.3 Å². The van der Waals surface area contributed by atoms with Crippen molar-refractivity contribution in [3.8, 4) is 10.6 Å². The van der Waals surface area contributed by atoms with Gasteiger partial charge in [0.2, 0.25) is 5.91 Å². The van der Waals surface area contributed by atoms with Crippen LogP contribution in [0.1, 0.15) is 11.3 Å². The average molecular weight is 431 g/mol. The summed E-state index contributed by atoms with van der Waals surface area (Å²) < 4.78 is 10.8. The van der Waals surface area contributed by atoms with Gasteiger partial charge in [0.1, 0.15) is 5.01 Å². The van der Waals surface area contributed by atoms with E-state index in [1.807, 2.05) is 5.38 Å². The van der Waals surface area contributed by atoms with E-state index in [2.05, 4.69) is 44.4 Å². The molecule has 1 amide bonds.